The number of ether oxygens (including phenoxy) is 1. The first kappa shape index (κ1) is 18.5. The summed E-state index contributed by atoms with van der Waals surface area (Å²) in [5.74, 6) is 0.558. The second-order valence-electron chi connectivity index (χ2n) is 6.63. The summed E-state index contributed by atoms with van der Waals surface area (Å²) in [5, 5.41) is 0. The number of carbonyl (C=O) groups is 2. The third-order valence-electron chi connectivity index (χ3n) is 4.72. The molecule has 0 spiro atoms. The van der Waals surface area contributed by atoms with E-state index in [1.54, 1.807) is 26.3 Å². The van der Waals surface area contributed by atoms with Crippen molar-refractivity contribution in [1.82, 2.24) is 9.80 Å². The first-order valence-electron chi connectivity index (χ1n) is 8.60. The molecule has 1 fully saturated rings. The van der Waals surface area contributed by atoms with Crippen molar-refractivity contribution in [3.8, 4) is 0 Å². The van der Waals surface area contributed by atoms with Crippen LogP contribution in [0.1, 0.15) is 35.2 Å². The molecule has 1 aliphatic rings. The van der Waals surface area contributed by atoms with E-state index in [1.807, 2.05) is 24.0 Å². The zero-order chi connectivity index (χ0) is 17.5. The van der Waals surface area contributed by atoms with Crippen LogP contribution in [0.2, 0.25) is 0 Å². The van der Waals surface area contributed by atoms with E-state index in [0.29, 0.717) is 11.5 Å². The Hall–Kier alpha value is -1.88. The average Bonchev–Trinajstić information content (AvgIpc) is 2.60. The van der Waals surface area contributed by atoms with Gasteiger partial charge in [0.1, 0.15) is 0 Å². The van der Waals surface area contributed by atoms with Crippen molar-refractivity contribution in [1.29, 1.82) is 0 Å². The molecule has 0 radical (unpaired) electrons. The summed E-state index contributed by atoms with van der Waals surface area (Å²) in [6.45, 7) is 4.46. The Kier molecular flexibility index (Phi) is 6.79. The number of hydrogen-bond donors (Lipinski definition) is 0. The first-order valence-corrected chi connectivity index (χ1v) is 8.60. The van der Waals surface area contributed by atoms with Crippen molar-refractivity contribution in [3.05, 3.63) is 35.4 Å². The van der Waals surface area contributed by atoms with Gasteiger partial charge < -0.3 is 14.5 Å². The van der Waals surface area contributed by atoms with Gasteiger partial charge in [-0.15, -0.1) is 0 Å². The van der Waals surface area contributed by atoms with Crippen molar-refractivity contribution in [2.75, 3.05) is 40.4 Å². The van der Waals surface area contributed by atoms with Crippen LogP contribution in [-0.4, -0.2) is 62.0 Å². The van der Waals surface area contributed by atoms with E-state index >= 15 is 0 Å². The maximum atomic E-state index is 12.4. The molecule has 132 valence electrons. The summed E-state index contributed by atoms with van der Waals surface area (Å²) in [6.07, 6.45) is 3.10. The number of methoxy groups -OCH3 is 1. The Morgan fingerprint density at radius 2 is 1.83 bits per heavy atom. The lowest BCUT2D eigenvalue weighted by atomic mass is 9.94. The summed E-state index contributed by atoms with van der Waals surface area (Å²) < 4.78 is 5.12. The number of benzene rings is 1. The Balaban J connectivity index is 1.81. The van der Waals surface area contributed by atoms with Crippen LogP contribution in [0.4, 0.5) is 0 Å². The molecule has 1 aromatic rings. The maximum Gasteiger partial charge on any atom is 0.254 e. The van der Waals surface area contributed by atoms with E-state index in [2.05, 4.69) is 0 Å². The van der Waals surface area contributed by atoms with Gasteiger partial charge in [-0.2, -0.15) is 0 Å². The van der Waals surface area contributed by atoms with Crippen LogP contribution in [0.5, 0.6) is 0 Å². The Bertz CT molecular complexity index is 548. The minimum Gasteiger partial charge on any atom is -0.385 e. The van der Waals surface area contributed by atoms with Crippen LogP contribution in [0, 0.1) is 12.8 Å². The van der Waals surface area contributed by atoms with Gasteiger partial charge in [0.15, 0.2) is 0 Å². The number of carbonyl (C=O) groups excluding carboxylic acids is 2. The standard InChI is InChI=1S/C19H28N2O3/c1-15-4-6-17(7-5-15)19(23)20(2)14-18(22)21-11-8-16(9-12-21)10-13-24-3/h4-7,16H,8-14H2,1-3H3. The highest BCUT2D eigenvalue weighted by atomic mass is 16.5. The van der Waals surface area contributed by atoms with Crippen molar-refractivity contribution < 1.29 is 14.3 Å². The van der Waals surface area contributed by atoms with Crippen molar-refractivity contribution in [3.63, 3.8) is 0 Å². The SMILES string of the molecule is COCCC1CCN(C(=O)CN(C)C(=O)c2ccc(C)cc2)CC1. The molecule has 5 nitrogen and oxygen atoms in total. The Morgan fingerprint density at radius 1 is 1.21 bits per heavy atom. The summed E-state index contributed by atoms with van der Waals surface area (Å²) in [5.41, 5.74) is 1.73. The molecule has 2 rings (SSSR count). The van der Waals surface area contributed by atoms with Crippen molar-refractivity contribution in [2.45, 2.75) is 26.2 Å². The largest absolute Gasteiger partial charge is 0.385 e. The lowest BCUT2D eigenvalue weighted by Gasteiger charge is -2.33. The molecule has 0 aliphatic carbocycles. The quantitative estimate of drug-likeness (QED) is 0.803. The van der Waals surface area contributed by atoms with Crippen LogP contribution < -0.4 is 0 Å². The van der Waals surface area contributed by atoms with E-state index in [-0.39, 0.29) is 18.4 Å². The fourth-order valence-electron chi connectivity index (χ4n) is 3.05. The van der Waals surface area contributed by atoms with Gasteiger partial charge in [0.05, 0.1) is 6.54 Å². The number of likely N-dealkylation sites (N-methyl/N-ethyl adjacent to an activating group) is 1. The number of nitrogens with zero attached hydrogens (tertiary/aromatic N) is 2. The maximum absolute atomic E-state index is 12.4. The molecule has 24 heavy (non-hydrogen) atoms. The van der Waals surface area contributed by atoms with Crippen LogP contribution in [0.25, 0.3) is 0 Å². The van der Waals surface area contributed by atoms with Crippen molar-refractivity contribution >= 4 is 11.8 Å². The molecule has 5 heteroatoms. The number of rotatable bonds is 6. The molecule has 2 amide bonds. The molecule has 0 aromatic heterocycles. The topological polar surface area (TPSA) is 49.9 Å². The molecule has 1 heterocycles. The summed E-state index contributed by atoms with van der Waals surface area (Å²) in [7, 11) is 3.41. The molecule has 0 bridgehead atoms. The van der Waals surface area contributed by atoms with E-state index < -0.39 is 0 Å². The second kappa shape index (κ2) is 8.83. The predicted molar refractivity (Wildman–Crippen MR) is 93.9 cm³/mol. The number of amides is 2. The highest BCUT2D eigenvalue weighted by Crippen LogP contribution is 2.20. The predicted octanol–water partition coefficient (Wildman–Crippen LogP) is 2.34. The van der Waals surface area contributed by atoms with E-state index in [9.17, 15) is 9.59 Å². The zero-order valence-electron chi connectivity index (χ0n) is 15.0. The monoisotopic (exact) mass is 332 g/mol. The Labute approximate surface area is 144 Å². The van der Waals surface area contributed by atoms with Crippen LogP contribution in [-0.2, 0) is 9.53 Å². The lowest BCUT2D eigenvalue weighted by molar-refractivity contribution is -0.133. The molecule has 0 atom stereocenters. The van der Waals surface area contributed by atoms with Crippen LogP contribution in [0.15, 0.2) is 24.3 Å². The van der Waals surface area contributed by atoms with Gasteiger partial charge in [-0.1, -0.05) is 17.7 Å². The highest BCUT2D eigenvalue weighted by molar-refractivity contribution is 5.96. The minimum absolute atomic E-state index is 0.0307. The third kappa shape index (κ3) is 5.06. The van der Waals surface area contributed by atoms with Gasteiger partial charge in [0.25, 0.3) is 5.91 Å². The number of likely N-dealkylation sites (tertiary alicyclic amines) is 1. The molecule has 1 aromatic carbocycles. The molecular weight excluding hydrogens is 304 g/mol. The first-order chi connectivity index (χ1) is 11.5. The minimum atomic E-state index is -0.113. The zero-order valence-corrected chi connectivity index (χ0v) is 15.0. The van der Waals surface area contributed by atoms with Crippen LogP contribution >= 0.6 is 0 Å². The molecule has 1 saturated heterocycles. The number of aryl methyl sites for hydroxylation is 1. The molecule has 0 unspecified atom stereocenters. The van der Waals surface area contributed by atoms with Gasteiger partial charge in [0.2, 0.25) is 5.91 Å². The molecule has 0 saturated carbocycles. The van der Waals surface area contributed by atoms with Gasteiger partial charge in [-0.05, 0) is 44.2 Å². The smallest absolute Gasteiger partial charge is 0.254 e. The van der Waals surface area contributed by atoms with E-state index in [0.717, 1.165) is 44.5 Å². The lowest BCUT2D eigenvalue weighted by Crippen LogP contribution is -2.44. The van der Waals surface area contributed by atoms with Crippen molar-refractivity contribution in [2.24, 2.45) is 5.92 Å². The van der Waals surface area contributed by atoms with Crippen LogP contribution in [0.3, 0.4) is 0 Å². The van der Waals surface area contributed by atoms with Gasteiger partial charge in [-0.3, -0.25) is 9.59 Å². The molecular formula is C19H28N2O3. The number of piperidine rings is 1. The van der Waals surface area contributed by atoms with Gasteiger partial charge in [0, 0.05) is 39.4 Å². The van der Waals surface area contributed by atoms with Gasteiger partial charge in [-0.25, -0.2) is 0 Å². The van der Waals surface area contributed by atoms with E-state index in [1.165, 1.54) is 4.90 Å². The number of hydrogen-bond acceptors (Lipinski definition) is 3. The normalized spacial score (nSPS) is 15.4. The Morgan fingerprint density at radius 3 is 2.42 bits per heavy atom. The summed E-state index contributed by atoms with van der Waals surface area (Å²) in [4.78, 5) is 28.2. The summed E-state index contributed by atoms with van der Waals surface area (Å²) >= 11 is 0. The fraction of sp³-hybridized carbons (Fsp3) is 0.579. The fourth-order valence-corrected chi connectivity index (χ4v) is 3.05. The molecule has 0 N–H and O–H groups in total. The second-order valence-corrected chi connectivity index (χ2v) is 6.63. The van der Waals surface area contributed by atoms with E-state index in [4.69, 9.17) is 4.74 Å². The highest BCUT2D eigenvalue weighted by Gasteiger charge is 2.24. The third-order valence-corrected chi connectivity index (χ3v) is 4.72. The average molecular weight is 332 g/mol. The van der Waals surface area contributed by atoms with Gasteiger partial charge >= 0.3 is 0 Å². The summed E-state index contributed by atoms with van der Waals surface area (Å²) in [6, 6.07) is 7.43. The molecule has 1 aliphatic heterocycles.